The molecule has 7 heteroatoms. The molecule has 2 heterocycles. The van der Waals surface area contributed by atoms with E-state index in [9.17, 15) is 17.6 Å². The SMILES string of the molecule is O=C(c1ccc(F)cc1)C1CCCN(S(=O)(=O)N2CCCC2)C1. The Morgan fingerprint density at radius 2 is 1.61 bits per heavy atom. The summed E-state index contributed by atoms with van der Waals surface area (Å²) in [6.45, 7) is 1.81. The van der Waals surface area contributed by atoms with E-state index in [2.05, 4.69) is 0 Å². The quantitative estimate of drug-likeness (QED) is 0.789. The van der Waals surface area contributed by atoms with Gasteiger partial charge in [0.1, 0.15) is 5.82 Å². The van der Waals surface area contributed by atoms with E-state index in [0.29, 0.717) is 38.0 Å². The van der Waals surface area contributed by atoms with Crippen LogP contribution in [0.1, 0.15) is 36.0 Å². The van der Waals surface area contributed by atoms with E-state index in [1.54, 1.807) is 0 Å². The van der Waals surface area contributed by atoms with E-state index in [1.807, 2.05) is 0 Å². The van der Waals surface area contributed by atoms with Crippen molar-refractivity contribution in [2.45, 2.75) is 25.7 Å². The van der Waals surface area contributed by atoms with Crippen molar-refractivity contribution in [2.75, 3.05) is 26.2 Å². The normalized spacial score (nSPS) is 24.0. The number of rotatable bonds is 4. The fraction of sp³-hybridized carbons (Fsp3) is 0.562. The van der Waals surface area contributed by atoms with E-state index in [1.165, 1.54) is 32.9 Å². The highest BCUT2D eigenvalue weighted by atomic mass is 32.2. The maximum absolute atomic E-state index is 13.0. The zero-order valence-electron chi connectivity index (χ0n) is 12.9. The van der Waals surface area contributed by atoms with Crippen LogP contribution in [0.4, 0.5) is 4.39 Å². The van der Waals surface area contributed by atoms with Crippen LogP contribution in [0.25, 0.3) is 0 Å². The van der Waals surface area contributed by atoms with E-state index in [4.69, 9.17) is 0 Å². The van der Waals surface area contributed by atoms with Crippen molar-refractivity contribution in [2.24, 2.45) is 5.92 Å². The van der Waals surface area contributed by atoms with Crippen LogP contribution in [0, 0.1) is 11.7 Å². The third kappa shape index (κ3) is 3.46. The lowest BCUT2D eigenvalue weighted by Gasteiger charge is -2.33. The molecule has 1 aromatic rings. The van der Waals surface area contributed by atoms with E-state index in [0.717, 1.165) is 12.8 Å². The van der Waals surface area contributed by atoms with Crippen LogP contribution in [-0.4, -0.2) is 49.0 Å². The van der Waals surface area contributed by atoms with Gasteiger partial charge < -0.3 is 0 Å². The lowest BCUT2D eigenvalue weighted by atomic mass is 9.91. The standard InChI is InChI=1S/C16H21FN2O3S/c17-15-7-5-13(6-8-15)16(20)14-4-3-11-19(12-14)23(21,22)18-9-1-2-10-18/h5-8,14H,1-4,9-12H2. The van der Waals surface area contributed by atoms with Gasteiger partial charge in [0.15, 0.2) is 5.78 Å². The Morgan fingerprint density at radius 1 is 1.00 bits per heavy atom. The van der Waals surface area contributed by atoms with Gasteiger partial charge in [0.05, 0.1) is 0 Å². The van der Waals surface area contributed by atoms with Gasteiger partial charge >= 0.3 is 0 Å². The minimum absolute atomic E-state index is 0.105. The molecular formula is C16H21FN2O3S. The number of benzene rings is 1. The van der Waals surface area contributed by atoms with Crippen molar-refractivity contribution in [3.8, 4) is 0 Å². The maximum Gasteiger partial charge on any atom is 0.281 e. The summed E-state index contributed by atoms with van der Waals surface area (Å²) in [5.41, 5.74) is 0.442. The summed E-state index contributed by atoms with van der Waals surface area (Å²) in [7, 11) is -3.46. The first-order valence-corrected chi connectivity index (χ1v) is 9.43. The van der Waals surface area contributed by atoms with Crippen molar-refractivity contribution >= 4 is 16.0 Å². The highest BCUT2D eigenvalue weighted by molar-refractivity contribution is 7.86. The molecule has 0 radical (unpaired) electrons. The second-order valence-electron chi connectivity index (χ2n) is 6.18. The van der Waals surface area contributed by atoms with Gasteiger partial charge in [0.25, 0.3) is 10.2 Å². The van der Waals surface area contributed by atoms with Crippen molar-refractivity contribution < 1.29 is 17.6 Å². The lowest BCUT2D eigenvalue weighted by Crippen LogP contribution is -2.48. The number of carbonyl (C=O) groups is 1. The van der Waals surface area contributed by atoms with Crippen LogP contribution in [0.5, 0.6) is 0 Å². The van der Waals surface area contributed by atoms with Gasteiger partial charge in [-0.3, -0.25) is 4.79 Å². The van der Waals surface area contributed by atoms with E-state index >= 15 is 0 Å². The van der Waals surface area contributed by atoms with Crippen molar-refractivity contribution in [1.29, 1.82) is 0 Å². The smallest absolute Gasteiger partial charge is 0.281 e. The first-order valence-electron chi connectivity index (χ1n) is 8.03. The topological polar surface area (TPSA) is 57.7 Å². The predicted molar refractivity (Wildman–Crippen MR) is 84.8 cm³/mol. The van der Waals surface area contributed by atoms with Gasteiger partial charge in [-0.2, -0.15) is 17.0 Å². The average molecular weight is 340 g/mol. The zero-order valence-corrected chi connectivity index (χ0v) is 13.8. The molecule has 23 heavy (non-hydrogen) atoms. The number of halogens is 1. The number of piperidine rings is 1. The van der Waals surface area contributed by atoms with Gasteiger partial charge in [-0.05, 0) is 49.9 Å². The summed E-state index contributed by atoms with van der Waals surface area (Å²) >= 11 is 0. The summed E-state index contributed by atoms with van der Waals surface area (Å²) in [4.78, 5) is 12.5. The molecule has 0 bridgehead atoms. The first-order chi connectivity index (χ1) is 11.0. The molecule has 0 aromatic heterocycles. The van der Waals surface area contributed by atoms with Crippen LogP contribution < -0.4 is 0 Å². The number of carbonyl (C=O) groups excluding carboxylic acids is 1. The average Bonchev–Trinajstić information content (AvgIpc) is 3.10. The van der Waals surface area contributed by atoms with Crippen LogP contribution in [0.3, 0.4) is 0 Å². The molecule has 0 saturated carbocycles. The highest BCUT2D eigenvalue weighted by Gasteiger charge is 2.36. The Bertz CT molecular complexity index is 669. The summed E-state index contributed by atoms with van der Waals surface area (Å²) in [5, 5.41) is 0. The Kier molecular flexibility index (Phi) is 4.79. The van der Waals surface area contributed by atoms with Crippen LogP contribution in [-0.2, 0) is 10.2 Å². The van der Waals surface area contributed by atoms with Crippen LogP contribution >= 0.6 is 0 Å². The molecule has 2 aliphatic heterocycles. The third-order valence-corrected chi connectivity index (χ3v) is 6.60. The fourth-order valence-electron chi connectivity index (χ4n) is 3.30. The number of hydrogen-bond donors (Lipinski definition) is 0. The monoisotopic (exact) mass is 340 g/mol. The Hall–Kier alpha value is -1.31. The molecule has 3 rings (SSSR count). The molecule has 0 amide bonds. The predicted octanol–water partition coefficient (Wildman–Crippen LogP) is 2.06. The number of nitrogens with zero attached hydrogens (tertiary/aromatic N) is 2. The molecule has 2 saturated heterocycles. The Balaban J connectivity index is 1.73. The highest BCUT2D eigenvalue weighted by Crippen LogP contribution is 2.26. The minimum Gasteiger partial charge on any atom is -0.294 e. The minimum atomic E-state index is -3.46. The Labute approximate surface area is 136 Å². The second-order valence-corrected chi connectivity index (χ2v) is 8.11. The van der Waals surface area contributed by atoms with Crippen LogP contribution in [0.2, 0.25) is 0 Å². The maximum atomic E-state index is 13.0. The van der Waals surface area contributed by atoms with Crippen molar-refractivity contribution in [1.82, 2.24) is 8.61 Å². The molecule has 0 aliphatic carbocycles. The molecule has 0 spiro atoms. The second kappa shape index (κ2) is 6.67. The fourth-order valence-corrected chi connectivity index (χ4v) is 5.07. The van der Waals surface area contributed by atoms with Gasteiger partial charge in [-0.1, -0.05) is 0 Å². The number of ketones is 1. The van der Waals surface area contributed by atoms with Gasteiger partial charge in [0.2, 0.25) is 0 Å². The summed E-state index contributed by atoms with van der Waals surface area (Å²) in [6, 6.07) is 5.45. The molecule has 2 fully saturated rings. The van der Waals surface area contributed by atoms with Crippen LogP contribution in [0.15, 0.2) is 24.3 Å². The zero-order chi connectivity index (χ0) is 16.4. The Morgan fingerprint density at radius 3 is 2.26 bits per heavy atom. The van der Waals surface area contributed by atoms with Crippen molar-refractivity contribution in [3.63, 3.8) is 0 Å². The molecular weight excluding hydrogens is 319 g/mol. The summed E-state index contributed by atoms with van der Waals surface area (Å²) in [6.07, 6.45) is 3.13. The number of Topliss-reactive ketones (excluding diaryl/α,β-unsaturated/α-hetero) is 1. The first kappa shape index (κ1) is 16.5. The molecule has 0 N–H and O–H groups in total. The van der Waals surface area contributed by atoms with Gasteiger partial charge in [-0.25, -0.2) is 4.39 Å². The molecule has 126 valence electrons. The van der Waals surface area contributed by atoms with E-state index in [-0.39, 0.29) is 24.1 Å². The van der Waals surface area contributed by atoms with Gasteiger partial charge in [-0.15, -0.1) is 0 Å². The number of hydrogen-bond acceptors (Lipinski definition) is 3. The lowest BCUT2D eigenvalue weighted by molar-refractivity contribution is 0.0870. The molecule has 1 unspecified atom stereocenters. The van der Waals surface area contributed by atoms with Gasteiger partial charge in [0, 0.05) is 37.7 Å². The molecule has 5 nitrogen and oxygen atoms in total. The van der Waals surface area contributed by atoms with E-state index < -0.39 is 10.2 Å². The molecule has 1 atom stereocenters. The molecule has 2 aliphatic rings. The third-order valence-electron chi connectivity index (χ3n) is 4.60. The summed E-state index contributed by atoms with van der Waals surface area (Å²) in [5.74, 6) is -0.846. The van der Waals surface area contributed by atoms with Crippen molar-refractivity contribution in [3.05, 3.63) is 35.6 Å². The summed E-state index contributed by atoms with van der Waals surface area (Å²) < 4.78 is 41.2. The largest absolute Gasteiger partial charge is 0.294 e. The molecule has 1 aromatic carbocycles.